The number of rotatable bonds is 3. The summed E-state index contributed by atoms with van der Waals surface area (Å²) in [6.07, 6.45) is -4.45. The highest BCUT2D eigenvalue weighted by Crippen LogP contribution is 2.46. The van der Waals surface area contributed by atoms with Crippen molar-refractivity contribution in [2.45, 2.75) is 32.5 Å². The first-order chi connectivity index (χ1) is 14.0. The van der Waals surface area contributed by atoms with Crippen molar-refractivity contribution in [1.82, 2.24) is 0 Å². The standard InChI is InChI=1S/C22H23F3N2O3/c1-13-16(26-10-14(11-26)20(28)29)5-4-6-17(13)27-12-21(2,3)30-19-9-15(22(23,24)25)7-8-18(19)27/h4-9,14H,10-12H2,1-3H3,(H,28,29). The van der Waals surface area contributed by atoms with Crippen LogP contribution in [0.4, 0.5) is 30.2 Å². The molecule has 2 aromatic rings. The van der Waals surface area contributed by atoms with E-state index in [1.807, 2.05) is 48.8 Å². The van der Waals surface area contributed by atoms with Crippen LogP contribution in [0.25, 0.3) is 0 Å². The second-order valence-corrected chi connectivity index (χ2v) is 8.49. The Labute approximate surface area is 172 Å². The minimum Gasteiger partial charge on any atom is -0.484 e. The van der Waals surface area contributed by atoms with Crippen molar-refractivity contribution in [3.8, 4) is 5.75 Å². The van der Waals surface area contributed by atoms with Gasteiger partial charge in [0.05, 0.1) is 23.7 Å². The fourth-order valence-electron chi connectivity index (χ4n) is 4.08. The molecule has 0 aromatic heterocycles. The number of carboxylic acid groups (broad SMARTS) is 1. The predicted molar refractivity (Wildman–Crippen MR) is 108 cm³/mol. The summed E-state index contributed by atoms with van der Waals surface area (Å²) in [6, 6.07) is 9.32. The van der Waals surface area contributed by atoms with Crippen LogP contribution in [0.15, 0.2) is 36.4 Å². The van der Waals surface area contributed by atoms with Crippen LogP contribution in [0.1, 0.15) is 25.0 Å². The first-order valence-electron chi connectivity index (χ1n) is 9.71. The number of carboxylic acids is 1. The Hall–Kier alpha value is -2.90. The van der Waals surface area contributed by atoms with Crippen LogP contribution in [-0.2, 0) is 11.0 Å². The number of hydrogen-bond acceptors (Lipinski definition) is 4. The van der Waals surface area contributed by atoms with Crippen molar-refractivity contribution >= 4 is 23.0 Å². The van der Waals surface area contributed by atoms with E-state index < -0.39 is 23.3 Å². The second-order valence-electron chi connectivity index (χ2n) is 8.49. The monoisotopic (exact) mass is 420 g/mol. The molecule has 0 radical (unpaired) electrons. The quantitative estimate of drug-likeness (QED) is 0.770. The van der Waals surface area contributed by atoms with Crippen molar-refractivity contribution < 1.29 is 27.8 Å². The Morgan fingerprint density at radius 1 is 1.13 bits per heavy atom. The molecular formula is C22H23F3N2O3. The second kappa shape index (κ2) is 6.82. The van der Waals surface area contributed by atoms with Gasteiger partial charge in [0.2, 0.25) is 0 Å². The smallest absolute Gasteiger partial charge is 0.416 e. The van der Waals surface area contributed by atoms with E-state index in [2.05, 4.69) is 0 Å². The fourth-order valence-corrected chi connectivity index (χ4v) is 4.08. The summed E-state index contributed by atoms with van der Waals surface area (Å²) in [4.78, 5) is 15.1. The highest BCUT2D eigenvalue weighted by molar-refractivity contribution is 5.79. The van der Waals surface area contributed by atoms with Crippen LogP contribution >= 0.6 is 0 Å². The van der Waals surface area contributed by atoms with E-state index in [9.17, 15) is 18.0 Å². The van der Waals surface area contributed by atoms with Gasteiger partial charge in [-0.3, -0.25) is 4.79 Å². The third-order valence-electron chi connectivity index (χ3n) is 5.64. The highest BCUT2D eigenvalue weighted by atomic mass is 19.4. The van der Waals surface area contributed by atoms with E-state index in [0.717, 1.165) is 29.1 Å². The fraction of sp³-hybridized carbons (Fsp3) is 0.409. The number of anilines is 3. The van der Waals surface area contributed by atoms with Gasteiger partial charge in [-0.05, 0) is 56.7 Å². The molecule has 2 aromatic carbocycles. The van der Waals surface area contributed by atoms with Gasteiger partial charge in [-0.25, -0.2) is 0 Å². The summed E-state index contributed by atoms with van der Waals surface area (Å²) >= 11 is 0. The third-order valence-corrected chi connectivity index (χ3v) is 5.64. The number of ether oxygens (including phenoxy) is 1. The zero-order chi connectivity index (χ0) is 21.8. The lowest BCUT2D eigenvalue weighted by Gasteiger charge is -2.43. The number of fused-ring (bicyclic) bond motifs is 1. The molecule has 0 amide bonds. The van der Waals surface area contributed by atoms with E-state index in [1.165, 1.54) is 6.07 Å². The third kappa shape index (κ3) is 3.55. The molecule has 0 bridgehead atoms. The Morgan fingerprint density at radius 3 is 2.43 bits per heavy atom. The van der Waals surface area contributed by atoms with Crippen LogP contribution in [0.5, 0.6) is 5.75 Å². The lowest BCUT2D eigenvalue weighted by atomic mass is 9.97. The summed E-state index contributed by atoms with van der Waals surface area (Å²) in [5.74, 6) is -0.984. The molecule has 160 valence electrons. The molecule has 2 aliphatic rings. The largest absolute Gasteiger partial charge is 0.484 e. The molecule has 4 rings (SSSR count). The van der Waals surface area contributed by atoms with E-state index in [0.29, 0.717) is 25.3 Å². The summed E-state index contributed by atoms with van der Waals surface area (Å²) in [6.45, 7) is 6.99. The summed E-state index contributed by atoms with van der Waals surface area (Å²) in [7, 11) is 0. The van der Waals surface area contributed by atoms with E-state index in [-0.39, 0.29) is 11.7 Å². The van der Waals surface area contributed by atoms with Crippen LogP contribution in [-0.4, -0.2) is 36.3 Å². The van der Waals surface area contributed by atoms with Crippen LogP contribution < -0.4 is 14.5 Å². The molecule has 30 heavy (non-hydrogen) atoms. The van der Waals surface area contributed by atoms with Gasteiger partial charge < -0.3 is 19.6 Å². The molecule has 0 aliphatic carbocycles. The Balaban J connectivity index is 1.73. The number of halogens is 3. The van der Waals surface area contributed by atoms with Crippen molar-refractivity contribution in [2.24, 2.45) is 5.92 Å². The lowest BCUT2D eigenvalue weighted by Crippen LogP contribution is -2.51. The van der Waals surface area contributed by atoms with E-state index >= 15 is 0 Å². The van der Waals surface area contributed by atoms with Crippen molar-refractivity contribution in [2.75, 3.05) is 29.4 Å². The van der Waals surface area contributed by atoms with Crippen LogP contribution in [0, 0.1) is 12.8 Å². The SMILES string of the molecule is Cc1c(N2CC(C(=O)O)C2)cccc1N1CC(C)(C)Oc2cc(C(F)(F)F)ccc21. The molecule has 1 N–H and O–H groups in total. The van der Waals surface area contributed by atoms with Gasteiger partial charge >= 0.3 is 12.1 Å². The molecule has 8 heteroatoms. The number of aliphatic carboxylic acids is 1. The maximum absolute atomic E-state index is 13.2. The molecule has 1 fully saturated rings. The Bertz CT molecular complexity index is 998. The molecule has 0 unspecified atom stereocenters. The zero-order valence-electron chi connectivity index (χ0n) is 17.0. The first-order valence-corrected chi connectivity index (χ1v) is 9.71. The Morgan fingerprint density at radius 2 is 1.80 bits per heavy atom. The van der Waals surface area contributed by atoms with Gasteiger partial charge in [-0.15, -0.1) is 0 Å². The maximum atomic E-state index is 13.2. The van der Waals surface area contributed by atoms with E-state index in [4.69, 9.17) is 9.84 Å². The molecular weight excluding hydrogens is 397 g/mol. The number of hydrogen-bond donors (Lipinski definition) is 1. The normalized spacial score (nSPS) is 18.5. The summed E-state index contributed by atoms with van der Waals surface area (Å²) in [5.41, 5.74) is 1.89. The first kappa shape index (κ1) is 20.4. The molecule has 0 atom stereocenters. The van der Waals surface area contributed by atoms with Crippen molar-refractivity contribution in [1.29, 1.82) is 0 Å². The maximum Gasteiger partial charge on any atom is 0.416 e. The molecule has 2 heterocycles. The zero-order valence-corrected chi connectivity index (χ0v) is 17.0. The van der Waals surface area contributed by atoms with Crippen LogP contribution in [0.3, 0.4) is 0 Å². The van der Waals surface area contributed by atoms with Gasteiger partial charge in [0.1, 0.15) is 11.4 Å². The average Bonchev–Trinajstić information content (AvgIpc) is 2.59. The molecule has 2 aliphatic heterocycles. The molecule has 5 nitrogen and oxygen atoms in total. The number of benzene rings is 2. The van der Waals surface area contributed by atoms with E-state index in [1.54, 1.807) is 0 Å². The molecule has 1 saturated heterocycles. The van der Waals surface area contributed by atoms with Crippen molar-refractivity contribution in [3.63, 3.8) is 0 Å². The topological polar surface area (TPSA) is 53.0 Å². The van der Waals surface area contributed by atoms with Crippen LogP contribution in [0.2, 0.25) is 0 Å². The van der Waals surface area contributed by atoms with Gasteiger partial charge in [0.25, 0.3) is 0 Å². The minimum absolute atomic E-state index is 0.195. The van der Waals surface area contributed by atoms with Crippen molar-refractivity contribution in [3.05, 3.63) is 47.5 Å². The van der Waals surface area contributed by atoms with Gasteiger partial charge in [-0.2, -0.15) is 13.2 Å². The number of carbonyl (C=O) groups is 1. The highest BCUT2D eigenvalue weighted by Gasteiger charge is 2.38. The molecule has 0 spiro atoms. The minimum atomic E-state index is -4.45. The van der Waals surface area contributed by atoms with Gasteiger partial charge in [0, 0.05) is 24.5 Å². The van der Waals surface area contributed by atoms with Gasteiger partial charge in [-0.1, -0.05) is 6.07 Å². The number of alkyl halides is 3. The summed E-state index contributed by atoms with van der Waals surface area (Å²) in [5, 5.41) is 9.14. The van der Waals surface area contributed by atoms with Gasteiger partial charge in [0.15, 0.2) is 0 Å². The molecule has 0 saturated carbocycles. The predicted octanol–water partition coefficient (Wildman–Crippen LogP) is 4.84. The lowest BCUT2D eigenvalue weighted by molar-refractivity contribution is -0.142. The average molecular weight is 420 g/mol. The summed E-state index contributed by atoms with van der Waals surface area (Å²) < 4.78 is 45.5. The number of nitrogens with zero attached hydrogens (tertiary/aromatic N) is 2. The Kier molecular flexibility index (Phi) is 4.63.